The fraction of sp³-hybridized carbons (Fsp3) is 0.176. The van der Waals surface area contributed by atoms with Crippen LogP contribution >= 0.6 is 0 Å². The second-order valence-electron chi connectivity index (χ2n) is 4.70. The maximum atomic E-state index is 13.1. The Kier molecular flexibility index (Phi) is 5.73. The number of esters is 1. The summed E-state index contributed by atoms with van der Waals surface area (Å²) in [6.07, 6.45) is 0. The molecule has 0 aliphatic heterocycles. The molecule has 0 aromatic heterocycles. The SMILES string of the molecule is COC(=O)c1ccc(OC)cc1OCC(=O)Nc1cccc(F)c1. The molecule has 1 N–H and O–H groups in total. The number of ether oxygens (including phenoxy) is 3. The Hall–Kier alpha value is -3.09. The summed E-state index contributed by atoms with van der Waals surface area (Å²) in [5.74, 6) is -0.953. The zero-order chi connectivity index (χ0) is 17.5. The smallest absolute Gasteiger partial charge is 0.341 e. The predicted molar refractivity (Wildman–Crippen MR) is 84.9 cm³/mol. The van der Waals surface area contributed by atoms with E-state index in [1.54, 1.807) is 12.1 Å². The molecule has 0 aliphatic carbocycles. The van der Waals surface area contributed by atoms with E-state index in [2.05, 4.69) is 10.1 Å². The number of nitrogens with one attached hydrogen (secondary N) is 1. The van der Waals surface area contributed by atoms with Gasteiger partial charge in [-0.1, -0.05) is 6.07 Å². The number of carbonyl (C=O) groups excluding carboxylic acids is 2. The van der Waals surface area contributed by atoms with Gasteiger partial charge in [0, 0.05) is 11.8 Å². The van der Waals surface area contributed by atoms with E-state index in [0.29, 0.717) is 11.4 Å². The van der Waals surface area contributed by atoms with E-state index in [-0.39, 0.29) is 17.9 Å². The summed E-state index contributed by atoms with van der Waals surface area (Å²) in [5, 5.41) is 2.49. The highest BCUT2D eigenvalue weighted by atomic mass is 19.1. The lowest BCUT2D eigenvalue weighted by Gasteiger charge is -2.12. The van der Waals surface area contributed by atoms with Crippen molar-refractivity contribution >= 4 is 17.6 Å². The molecule has 0 unspecified atom stereocenters. The van der Waals surface area contributed by atoms with Crippen LogP contribution in [0, 0.1) is 5.82 Å². The summed E-state index contributed by atoms with van der Waals surface area (Å²) in [7, 11) is 2.71. The minimum atomic E-state index is -0.599. The zero-order valence-corrected chi connectivity index (χ0v) is 13.2. The largest absolute Gasteiger partial charge is 0.497 e. The minimum Gasteiger partial charge on any atom is -0.497 e. The third-order valence-electron chi connectivity index (χ3n) is 3.06. The number of amides is 1. The summed E-state index contributed by atoms with van der Waals surface area (Å²) in [6.45, 7) is -0.367. The van der Waals surface area contributed by atoms with E-state index < -0.39 is 17.7 Å². The van der Waals surface area contributed by atoms with Gasteiger partial charge in [0.25, 0.3) is 5.91 Å². The molecule has 0 saturated carbocycles. The molecule has 0 atom stereocenters. The van der Waals surface area contributed by atoms with E-state index >= 15 is 0 Å². The van der Waals surface area contributed by atoms with Crippen LogP contribution in [0.4, 0.5) is 10.1 Å². The highest BCUT2D eigenvalue weighted by molar-refractivity contribution is 5.94. The molecular formula is C17H16FNO5. The van der Waals surface area contributed by atoms with Gasteiger partial charge in [-0.05, 0) is 30.3 Å². The molecule has 6 nitrogen and oxygen atoms in total. The summed E-state index contributed by atoms with van der Waals surface area (Å²) in [6, 6.07) is 10.0. The third-order valence-corrected chi connectivity index (χ3v) is 3.06. The van der Waals surface area contributed by atoms with Crippen LogP contribution in [0.15, 0.2) is 42.5 Å². The van der Waals surface area contributed by atoms with Crippen molar-refractivity contribution in [3.05, 3.63) is 53.8 Å². The molecule has 0 heterocycles. The minimum absolute atomic E-state index is 0.149. The predicted octanol–water partition coefficient (Wildman–Crippen LogP) is 2.64. The standard InChI is InChI=1S/C17H16FNO5/c1-22-13-6-7-14(17(21)23-2)15(9-13)24-10-16(20)19-12-5-3-4-11(18)8-12/h3-9H,10H2,1-2H3,(H,19,20). The van der Waals surface area contributed by atoms with E-state index in [4.69, 9.17) is 9.47 Å². The van der Waals surface area contributed by atoms with Crippen molar-refractivity contribution in [3.8, 4) is 11.5 Å². The third kappa shape index (κ3) is 4.45. The van der Waals surface area contributed by atoms with Gasteiger partial charge < -0.3 is 19.5 Å². The van der Waals surface area contributed by atoms with E-state index in [0.717, 1.165) is 0 Å². The Balaban J connectivity index is 2.07. The first-order chi connectivity index (χ1) is 11.5. The van der Waals surface area contributed by atoms with Gasteiger partial charge in [0.15, 0.2) is 6.61 Å². The fourth-order valence-corrected chi connectivity index (χ4v) is 1.93. The van der Waals surface area contributed by atoms with Gasteiger partial charge >= 0.3 is 5.97 Å². The summed E-state index contributed by atoms with van der Waals surface area (Å²) >= 11 is 0. The number of anilines is 1. The van der Waals surface area contributed by atoms with Gasteiger partial charge in [0.05, 0.1) is 14.2 Å². The number of benzene rings is 2. The first kappa shape index (κ1) is 17.3. The lowest BCUT2D eigenvalue weighted by atomic mass is 10.2. The molecule has 2 aromatic carbocycles. The quantitative estimate of drug-likeness (QED) is 0.823. The molecular weight excluding hydrogens is 317 g/mol. The Morgan fingerprint density at radius 2 is 1.92 bits per heavy atom. The van der Waals surface area contributed by atoms with E-state index in [1.807, 2.05) is 0 Å². The molecule has 1 amide bonds. The van der Waals surface area contributed by atoms with Gasteiger partial charge in [-0.2, -0.15) is 0 Å². The van der Waals surface area contributed by atoms with Crippen molar-refractivity contribution in [2.75, 3.05) is 26.1 Å². The lowest BCUT2D eigenvalue weighted by molar-refractivity contribution is -0.118. The number of hydrogen-bond donors (Lipinski definition) is 1. The molecule has 0 spiro atoms. The molecule has 0 saturated heterocycles. The normalized spacial score (nSPS) is 9.96. The van der Waals surface area contributed by atoms with E-state index in [9.17, 15) is 14.0 Å². The molecule has 0 fully saturated rings. The Morgan fingerprint density at radius 1 is 1.12 bits per heavy atom. The highest BCUT2D eigenvalue weighted by Crippen LogP contribution is 2.25. The van der Waals surface area contributed by atoms with Crippen LogP contribution in [0.3, 0.4) is 0 Å². The van der Waals surface area contributed by atoms with Crippen molar-refractivity contribution in [2.24, 2.45) is 0 Å². The van der Waals surface area contributed by atoms with Gasteiger partial charge in [0.2, 0.25) is 0 Å². The van der Waals surface area contributed by atoms with Crippen LogP contribution in [0.5, 0.6) is 11.5 Å². The average Bonchev–Trinajstić information content (AvgIpc) is 2.59. The average molecular weight is 333 g/mol. The van der Waals surface area contributed by atoms with Gasteiger partial charge in [-0.25, -0.2) is 9.18 Å². The molecule has 126 valence electrons. The fourth-order valence-electron chi connectivity index (χ4n) is 1.93. The Morgan fingerprint density at radius 3 is 2.58 bits per heavy atom. The van der Waals surface area contributed by atoms with Gasteiger partial charge in [-0.15, -0.1) is 0 Å². The van der Waals surface area contributed by atoms with Crippen LogP contribution in [-0.4, -0.2) is 32.7 Å². The maximum Gasteiger partial charge on any atom is 0.341 e. The first-order valence-corrected chi connectivity index (χ1v) is 6.98. The molecule has 7 heteroatoms. The highest BCUT2D eigenvalue weighted by Gasteiger charge is 2.15. The zero-order valence-electron chi connectivity index (χ0n) is 13.2. The summed E-state index contributed by atoms with van der Waals surface area (Å²) < 4.78 is 28.2. The number of hydrogen-bond acceptors (Lipinski definition) is 5. The molecule has 0 bridgehead atoms. The van der Waals surface area contributed by atoms with Crippen LogP contribution in [0.2, 0.25) is 0 Å². The molecule has 0 aliphatic rings. The van der Waals surface area contributed by atoms with E-state index in [1.165, 1.54) is 44.6 Å². The number of carbonyl (C=O) groups is 2. The van der Waals surface area contributed by atoms with Crippen molar-refractivity contribution in [3.63, 3.8) is 0 Å². The van der Waals surface area contributed by atoms with Crippen molar-refractivity contribution < 1.29 is 28.2 Å². The van der Waals surface area contributed by atoms with Crippen molar-refractivity contribution in [1.82, 2.24) is 0 Å². The maximum absolute atomic E-state index is 13.1. The first-order valence-electron chi connectivity index (χ1n) is 6.98. The second kappa shape index (κ2) is 7.96. The topological polar surface area (TPSA) is 73.9 Å². The van der Waals surface area contributed by atoms with Gasteiger partial charge in [0.1, 0.15) is 22.9 Å². The number of halogens is 1. The molecule has 24 heavy (non-hydrogen) atoms. The van der Waals surface area contributed by atoms with Gasteiger partial charge in [-0.3, -0.25) is 4.79 Å². The molecule has 2 rings (SSSR count). The number of rotatable bonds is 6. The number of methoxy groups -OCH3 is 2. The monoisotopic (exact) mass is 333 g/mol. The van der Waals surface area contributed by atoms with Crippen LogP contribution in [0.1, 0.15) is 10.4 Å². The molecule has 2 aromatic rings. The van der Waals surface area contributed by atoms with Crippen molar-refractivity contribution in [2.45, 2.75) is 0 Å². The van der Waals surface area contributed by atoms with Crippen LogP contribution in [0.25, 0.3) is 0 Å². The molecule has 0 radical (unpaired) electrons. The van der Waals surface area contributed by atoms with Crippen LogP contribution in [-0.2, 0) is 9.53 Å². The second-order valence-corrected chi connectivity index (χ2v) is 4.70. The Bertz CT molecular complexity index is 748. The summed E-state index contributed by atoms with van der Waals surface area (Å²) in [4.78, 5) is 23.6. The Labute approximate surface area is 138 Å². The lowest BCUT2D eigenvalue weighted by Crippen LogP contribution is -2.21. The van der Waals surface area contributed by atoms with Crippen LogP contribution < -0.4 is 14.8 Å². The summed E-state index contributed by atoms with van der Waals surface area (Å²) in [5.41, 5.74) is 0.472. The van der Waals surface area contributed by atoms with Crippen molar-refractivity contribution in [1.29, 1.82) is 0 Å².